The number of hydrogen-bond acceptors (Lipinski definition) is 5. The lowest BCUT2D eigenvalue weighted by Gasteiger charge is -2.14. The van der Waals surface area contributed by atoms with E-state index in [0.29, 0.717) is 32.6 Å². The molecule has 6 nitrogen and oxygen atoms in total. The van der Waals surface area contributed by atoms with E-state index in [1.165, 1.54) is 18.4 Å². The Hall–Kier alpha value is -2.94. The number of carbonyl (C=O) groups is 2. The molecule has 0 aliphatic rings. The minimum absolute atomic E-state index is 0.104. The second-order valence-corrected chi connectivity index (χ2v) is 7.50. The highest BCUT2D eigenvalue weighted by Crippen LogP contribution is 2.29. The van der Waals surface area contributed by atoms with Crippen LogP contribution in [0.5, 0.6) is 5.75 Å². The molecule has 9 heteroatoms. The van der Waals surface area contributed by atoms with Crippen LogP contribution in [-0.2, 0) is 0 Å². The second-order valence-electron chi connectivity index (χ2n) is 5.73. The van der Waals surface area contributed by atoms with Crippen molar-refractivity contribution in [1.82, 2.24) is 5.32 Å². The van der Waals surface area contributed by atoms with Crippen LogP contribution >= 0.6 is 35.2 Å². The standard InChI is InChI=1S/C20H16ClN3O3S2/c1-27-16-11-12(8-9-15(16)23-19(26)17-7-4-10-29-17)22-20(28)24-18(25)13-5-2-3-6-14(13)21/h2-11H,1H3,(H,23,26)(H2,22,24,25,28). The first kappa shape index (κ1) is 20.8. The highest BCUT2D eigenvalue weighted by atomic mass is 35.5. The number of methoxy groups -OCH3 is 1. The number of ether oxygens (including phenoxy) is 1. The number of hydrogen-bond donors (Lipinski definition) is 3. The fourth-order valence-corrected chi connectivity index (χ4v) is 3.49. The minimum Gasteiger partial charge on any atom is -0.494 e. The Morgan fingerprint density at radius 1 is 1.03 bits per heavy atom. The summed E-state index contributed by atoms with van der Waals surface area (Å²) in [5, 5.41) is 10.6. The molecule has 0 aliphatic carbocycles. The Bertz CT molecular complexity index is 1050. The lowest BCUT2D eigenvalue weighted by molar-refractivity contribution is 0.0976. The molecule has 0 radical (unpaired) electrons. The predicted molar refractivity (Wildman–Crippen MR) is 120 cm³/mol. The molecule has 3 N–H and O–H groups in total. The van der Waals surface area contributed by atoms with E-state index in [2.05, 4.69) is 16.0 Å². The first-order chi connectivity index (χ1) is 14.0. The van der Waals surface area contributed by atoms with E-state index in [4.69, 9.17) is 28.6 Å². The minimum atomic E-state index is -0.417. The summed E-state index contributed by atoms with van der Waals surface area (Å²) in [7, 11) is 1.50. The molecule has 3 rings (SSSR count). The molecule has 1 aromatic heterocycles. The number of amides is 2. The van der Waals surface area contributed by atoms with E-state index >= 15 is 0 Å². The van der Waals surface area contributed by atoms with E-state index < -0.39 is 5.91 Å². The average molecular weight is 446 g/mol. The van der Waals surface area contributed by atoms with Gasteiger partial charge in [0.15, 0.2) is 5.11 Å². The van der Waals surface area contributed by atoms with Gasteiger partial charge in [-0.15, -0.1) is 11.3 Å². The lowest BCUT2D eigenvalue weighted by atomic mass is 10.2. The number of halogens is 1. The molecule has 0 bridgehead atoms. The molecule has 3 aromatic rings. The molecule has 29 heavy (non-hydrogen) atoms. The van der Waals surface area contributed by atoms with Crippen LogP contribution < -0.4 is 20.7 Å². The van der Waals surface area contributed by atoms with Gasteiger partial charge in [0, 0.05) is 11.8 Å². The molecule has 2 amide bonds. The van der Waals surface area contributed by atoms with Gasteiger partial charge in [0.05, 0.1) is 28.3 Å². The molecule has 2 aromatic carbocycles. The maximum atomic E-state index is 12.3. The third-order valence-corrected chi connectivity index (χ3v) is 5.20. The number of anilines is 2. The van der Waals surface area contributed by atoms with Crippen molar-refractivity contribution in [2.24, 2.45) is 0 Å². The maximum absolute atomic E-state index is 12.3. The lowest BCUT2D eigenvalue weighted by Crippen LogP contribution is -2.34. The van der Waals surface area contributed by atoms with Gasteiger partial charge < -0.3 is 15.4 Å². The SMILES string of the molecule is COc1cc(NC(=S)NC(=O)c2ccccc2Cl)ccc1NC(=O)c1cccs1. The van der Waals surface area contributed by atoms with Crippen LogP contribution in [-0.4, -0.2) is 24.0 Å². The second kappa shape index (κ2) is 9.51. The van der Waals surface area contributed by atoms with Gasteiger partial charge in [-0.05, 0) is 47.9 Å². The Kier molecular flexibility index (Phi) is 6.82. The van der Waals surface area contributed by atoms with E-state index in [-0.39, 0.29) is 11.0 Å². The Balaban J connectivity index is 1.66. The van der Waals surface area contributed by atoms with Gasteiger partial charge in [0.25, 0.3) is 11.8 Å². The van der Waals surface area contributed by atoms with Crippen molar-refractivity contribution in [3.05, 3.63) is 75.4 Å². The van der Waals surface area contributed by atoms with Crippen molar-refractivity contribution in [3.8, 4) is 5.75 Å². The summed E-state index contributed by atoms with van der Waals surface area (Å²) >= 11 is 12.6. The number of thiocarbonyl (C=S) groups is 1. The largest absolute Gasteiger partial charge is 0.494 e. The summed E-state index contributed by atoms with van der Waals surface area (Å²) in [4.78, 5) is 25.1. The summed E-state index contributed by atoms with van der Waals surface area (Å²) in [5.41, 5.74) is 1.42. The van der Waals surface area contributed by atoms with E-state index in [9.17, 15) is 9.59 Å². The summed E-state index contributed by atoms with van der Waals surface area (Å²) in [5.74, 6) is -0.193. The molecule has 0 aliphatic heterocycles. The number of carbonyl (C=O) groups excluding carboxylic acids is 2. The van der Waals surface area contributed by atoms with Crippen LogP contribution in [0.15, 0.2) is 60.0 Å². The van der Waals surface area contributed by atoms with Crippen molar-refractivity contribution in [1.29, 1.82) is 0 Å². The molecule has 148 valence electrons. The van der Waals surface area contributed by atoms with Crippen molar-refractivity contribution < 1.29 is 14.3 Å². The molecule has 0 spiro atoms. The molecule has 0 fully saturated rings. The Labute approximate surface area is 181 Å². The number of rotatable bonds is 5. The number of thiophene rings is 1. The fourth-order valence-electron chi connectivity index (χ4n) is 2.44. The fraction of sp³-hybridized carbons (Fsp3) is 0.0500. The molecule has 0 atom stereocenters. The van der Waals surface area contributed by atoms with Crippen LogP contribution in [0, 0.1) is 0 Å². The molecule has 0 unspecified atom stereocenters. The smallest absolute Gasteiger partial charge is 0.265 e. The van der Waals surface area contributed by atoms with Crippen molar-refractivity contribution in [2.45, 2.75) is 0 Å². The highest BCUT2D eigenvalue weighted by molar-refractivity contribution is 7.80. The first-order valence-electron chi connectivity index (χ1n) is 8.37. The maximum Gasteiger partial charge on any atom is 0.265 e. The van der Waals surface area contributed by atoms with Crippen molar-refractivity contribution >= 4 is 63.5 Å². The predicted octanol–water partition coefficient (Wildman–Crippen LogP) is 4.79. The van der Waals surface area contributed by atoms with Crippen LogP contribution in [0.4, 0.5) is 11.4 Å². The zero-order chi connectivity index (χ0) is 20.8. The van der Waals surface area contributed by atoms with Crippen molar-refractivity contribution in [2.75, 3.05) is 17.7 Å². The summed E-state index contributed by atoms with van der Waals surface area (Å²) < 4.78 is 5.35. The van der Waals surface area contributed by atoms with Gasteiger partial charge >= 0.3 is 0 Å². The molecular weight excluding hydrogens is 430 g/mol. The zero-order valence-electron chi connectivity index (χ0n) is 15.2. The third-order valence-electron chi connectivity index (χ3n) is 3.80. The van der Waals surface area contributed by atoms with Gasteiger partial charge in [0.1, 0.15) is 5.75 Å². The summed E-state index contributed by atoms with van der Waals surface area (Å²) in [6.07, 6.45) is 0. The Morgan fingerprint density at radius 2 is 1.83 bits per heavy atom. The van der Waals surface area contributed by atoms with E-state index in [1.54, 1.807) is 48.5 Å². The molecule has 0 saturated heterocycles. The van der Waals surface area contributed by atoms with Crippen LogP contribution in [0.2, 0.25) is 5.02 Å². The highest BCUT2D eigenvalue weighted by Gasteiger charge is 2.13. The van der Waals surface area contributed by atoms with Gasteiger partial charge in [-0.25, -0.2) is 0 Å². The van der Waals surface area contributed by atoms with Gasteiger partial charge in [0.2, 0.25) is 0 Å². The number of nitrogens with one attached hydrogen (secondary N) is 3. The topological polar surface area (TPSA) is 79.5 Å². The Morgan fingerprint density at radius 3 is 2.52 bits per heavy atom. The third kappa shape index (κ3) is 5.32. The van der Waals surface area contributed by atoms with Gasteiger partial charge in [-0.2, -0.15) is 0 Å². The summed E-state index contributed by atoms with van der Waals surface area (Å²) in [6, 6.07) is 15.3. The van der Waals surface area contributed by atoms with Crippen molar-refractivity contribution in [3.63, 3.8) is 0 Å². The summed E-state index contributed by atoms with van der Waals surface area (Å²) in [6.45, 7) is 0. The average Bonchev–Trinajstić information content (AvgIpc) is 3.24. The van der Waals surface area contributed by atoms with Crippen LogP contribution in [0.1, 0.15) is 20.0 Å². The first-order valence-corrected chi connectivity index (χ1v) is 10.0. The van der Waals surface area contributed by atoms with Crippen LogP contribution in [0.25, 0.3) is 0 Å². The molecule has 0 saturated carbocycles. The quantitative estimate of drug-likeness (QED) is 0.492. The normalized spacial score (nSPS) is 10.1. The monoisotopic (exact) mass is 445 g/mol. The zero-order valence-corrected chi connectivity index (χ0v) is 17.6. The molecule has 1 heterocycles. The van der Waals surface area contributed by atoms with Gasteiger partial charge in [-0.3, -0.25) is 14.9 Å². The van der Waals surface area contributed by atoms with E-state index in [1.807, 2.05) is 11.4 Å². The molecular formula is C20H16ClN3O3S2. The van der Waals surface area contributed by atoms with E-state index in [0.717, 1.165) is 0 Å². The van der Waals surface area contributed by atoms with Gasteiger partial charge in [-0.1, -0.05) is 29.8 Å². The van der Waals surface area contributed by atoms with Crippen LogP contribution in [0.3, 0.4) is 0 Å². The number of benzene rings is 2.